The molecule has 3 aromatic rings. The van der Waals surface area contributed by atoms with Gasteiger partial charge in [-0.05, 0) is 53.5 Å². The fraction of sp³-hybridized carbons (Fsp3) is 0.364. The number of carboxylic acid groups (broad SMARTS) is 1. The molecule has 0 saturated heterocycles. The van der Waals surface area contributed by atoms with Crippen LogP contribution in [0.1, 0.15) is 55.2 Å². The van der Waals surface area contributed by atoms with Crippen LogP contribution >= 0.6 is 0 Å². The summed E-state index contributed by atoms with van der Waals surface area (Å²) in [7, 11) is 0. The van der Waals surface area contributed by atoms with Crippen LogP contribution in [0.2, 0.25) is 0 Å². The van der Waals surface area contributed by atoms with Crippen molar-refractivity contribution in [1.29, 1.82) is 0 Å². The normalized spacial score (nSPS) is 19.0. The number of amides is 2. The molecule has 3 N–H and O–H groups in total. The van der Waals surface area contributed by atoms with Gasteiger partial charge >= 0.3 is 12.1 Å². The first-order valence-electron chi connectivity index (χ1n) is 14.2. The van der Waals surface area contributed by atoms with E-state index in [2.05, 4.69) is 34.9 Å². The van der Waals surface area contributed by atoms with Gasteiger partial charge in [0.15, 0.2) is 6.04 Å². The van der Waals surface area contributed by atoms with Gasteiger partial charge in [-0.3, -0.25) is 4.79 Å². The van der Waals surface area contributed by atoms with Crippen LogP contribution in [0, 0.1) is 5.92 Å². The molecule has 2 aliphatic carbocycles. The summed E-state index contributed by atoms with van der Waals surface area (Å²) in [5, 5.41) is 15.3. The van der Waals surface area contributed by atoms with Crippen molar-refractivity contribution >= 4 is 18.0 Å². The summed E-state index contributed by atoms with van der Waals surface area (Å²) in [6.07, 6.45) is 1.25. The molecule has 8 heteroatoms. The molecule has 5 rings (SSSR count). The number of fused-ring (bicyclic) bond motifs is 3. The Hall–Kier alpha value is -4.17. The molecule has 4 atom stereocenters. The Morgan fingerprint density at radius 2 is 1.54 bits per heavy atom. The fourth-order valence-electron chi connectivity index (χ4n) is 6.01. The van der Waals surface area contributed by atoms with Crippen LogP contribution in [0.3, 0.4) is 0 Å². The van der Waals surface area contributed by atoms with E-state index < -0.39 is 24.2 Å². The van der Waals surface area contributed by atoms with Gasteiger partial charge in [0.1, 0.15) is 6.61 Å². The van der Waals surface area contributed by atoms with E-state index in [-0.39, 0.29) is 43.4 Å². The zero-order valence-corrected chi connectivity index (χ0v) is 23.1. The molecule has 0 bridgehead atoms. The first kappa shape index (κ1) is 28.4. The van der Waals surface area contributed by atoms with E-state index in [1.807, 2.05) is 54.6 Å². The van der Waals surface area contributed by atoms with Gasteiger partial charge in [0, 0.05) is 18.4 Å². The second-order valence-corrected chi connectivity index (χ2v) is 10.9. The highest BCUT2D eigenvalue weighted by atomic mass is 16.5. The number of carbonyl (C=O) groups is 3. The summed E-state index contributed by atoms with van der Waals surface area (Å²) >= 11 is 0. The van der Waals surface area contributed by atoms with Gasteiger partial charge < -0.3 is 25.2 Å². The lowest BCUT2D eigenvalue weighted by molar-refractivity contribution is -0.146. The molecule has 8 nitrogen and oxygen atoms in total. The average Bonchev–Trinajstić information content (AvgIpc) is 3.55. The van der Waals surface area contributed by atoms with Crippen LogP contribution in [-0.4, -0.2) is 47.9 Å². The average molecular weight is 557 g/mol. The number of aliphatic carboxylic acids is 1. The van der Waals surface area contributed by atoms with Crippen LogP contribution in [0.4, 0.5) is 4.79 Å². The van der Waals surface area contributed by atoms with Crippen molar-refractivity contribution in [2.24, 2.45) is 5.92 Å². The van der Waals surface area contributed by atoms with E-state index in [0.29, 0.717) is 0 Å². The first-order valence-corrected chi connectivity index (χ1v) is 14.2. The van der Waals surface area contributed by atoms with Crippen molar-refractivity contribution in [1.82, 2.24) is 10.6 Å². The SMILES string of the molecule is CC(OCc1ccccc1)C(NC(=O)C[C@@H]1CCC[C@H]1NC(=O)OCC1c2ccccc2-c2ccccc21)C(=O)O. The molecule has 0 heterocycles. The molecule has 0 aliphatic heterocycles. The molecule has 2 aliphatic rings. The molecule has 0 radical (unpaired) electrons. The van der Waals surface area contributed by atoms with Gasteiger partial charge in [0.25, 0.3) is 0 Å². The third-order valence-corrected chi connectivity index (χ3v) is 8.16. The molecule has 0 spiro atoms. The number of nitrogens with one attached hydrogen (secondary N) is 2. The minimum absolute atomic E-state index is 0.0302. The molecule has 2 unspecified atom stereocenters. The summed E-state index contributed by atoms with van der Waals surface area (Å²) in [6.45, 7) is 2.11. The minimum atomic E-state index is -1.18. The minimum Gasteiger partial charge on any atom is -0.480 e. The lowest BCUT2D eigenvalue weighted by Crippen LogP contribution is -2.49. The maximum Gasteiger partial charge on any atom is 0.407 e. The zero-order chi connectivity index (χ0) is 28.8. The molecular formula is C33H36N2O6. The number of carboxylic acids is 1. The van der Waals surface area contributed by atoms with Crippen molar-refractivity contribution < 1.29 is 29.0 Å². The van der Waals surface area contributed by atoms with E-state index in [1.165, 1.54) is 11.1 Å². The highest BCUT2D eigenvalue weighted by Gasteiger charge is 2.34. The number of benzene rings is 3. The van der Waals surface area contributed by atoms with E-state index >= 15 is 0 Å². The van der Waals surface area contributed by atoms with Gasteiger partial charge in [-0.1, -0.05) is 85.3 Å². The van der Waals surface area contributed by atoms with Crippen LogP contribution in [-0.2, 0) is 25.7 Å². The lowest BCUT2D eigenvalue weighted by Gasteiger charge is -2.24. The Kier molecular flexibility index (Phi) is 8.99. The maximum absolute atomic E-state index is 12.9. The Labute approximate surface area is 240 Å². The second-order valence-electron chi connectivity index (χ2n) is 10.9. The highest BCUT2D eigenvalue weighted by molar-refractivity contribution is 5.84. The van der Waals surface area contributed by atoms with Crippen LogP contribution in [0.5, 0.6) is 0 Å². The Morgan fingerprint density at radius 3 is 2.20 bits per heavy atom. The third-order valence-electron chi connectivity index (χ3n) is 8.16. The van der Waals surface area contributed by atoms with Crippen molar-refractivity contribution in [3.8, 4) is 11.1 Å². The number of alkyl carbamates (subject to hydrolysis) is 1. The fourth-order valence-corrected chi connectivity index (χ4v) is 6.01. The first-order chi connectivity index (χ1) is 19.9. The van der Waals surface area contributed by atoms with Crippen LogP contribution in [0.25, 0.3) is 11.1 Å². The smallest absolute Gasteiger partial charge is 0.407 e. The molecule has 0 aromatic heterocycles. The van der Waals surface area contributed by atoms with Gasteiger partial charge in [-0.15, -0.1) is 0 Å². The maximum atomic E-state index is 12.9. The summed E-state index contributed by atoms with van der Waals surface area (Å²) in [4.78, 5) is 37.6. The molecule has 1 fully saturated rings. The van der Waals surface area contributed by atoms with Crippen molar-refractivity contribution in [2.45, 2.75) is 63.3 Å². The topological polar surface area (TPSA) is 114 Å². The van der Waals surface area contributed by atoms with Crippen molar-refractivity contribution in [3.05, 3.63) is 95.6 Å². The zero-order valence-electron chi connectivity index (χ0n) is 23.1. The van der Waals surface area contributed by atoms with Gasteiger partial charge in [-0.2, -0.15) is 0 Å². The molecule has 1 saturated carbocycles. The Morgan fingerprint density at radius 1 is 0.902 bits per heavy atom. The van der Waals surface area contributed by atoms with E-state index in [1.54, 1.807) is 6.92 Å². The van der Waals surface area contributed by atoms with Crippen LogP contribution in [0.15, 0.2) is 78.9 Å². The quantitative estimate of drug-likeness (QED) is 0.297. The van der Waals surface area contributed by atoms with Gasteiger partial charge in [-0.25, -0.2) is 9.59 Å². The largest absolute Gasteiger partial charge is 0.480 e. The van der Waals surface area contributed by atoms with E-state index in [9.17, 15) is 19.5 Å². The summed E-state index contributed by atoms with van der Waals surface area (Å²) in [6, 6.07) is 24.4. The highest BCUT2D eigenvalue weighted by Crippen LogP contribution is 2.44. The van der Waals surface area contributed by atoms with E-state index in [4.69, 9.17) is 9.47 Å². The van der Waals surface area contributed by atoms with E-state index in [0.717, 1.165) is 36.0 Å². The van der Waals surface area contributed by atoms with Crippen molar-refractivity contribution in [2.75, 3.05) is 6.61 Å². The number of carbonyl (C=O) groups excluding carboxylic acids is 2. The van der Waals surface area contributed by atoms with Gasteiger partial charge in [0.2, 0.25) is 5.91 Å². The van der Waals surface area contributed by atoms with Crippen LogP contribution < -0.4 is 10.6 Å². The number of hydrogen-bond donors (Lipinski definition) is 3. The molecule has 3 aromatic carbocycles. The summed E-state index contributed by atoms with van der Waals surface area (Å²) < 4.78 is 11.4. The predicted molar refractivity (Wildman–Crippen MR) is 154 cm³/mol. The lowest BCUT2D eigenvalue weighted by atomic mass is 9.98. The number of hydrogen-bond acceptors (Lipinski definition) is 5. The van der Waals surface area contributed by atoms with Gasteiger partial charge in [0.05, 0.1) is 12.7 Å². The molecular weight excluding hydrogens is 520 g/mol. The predicted octanol–water partition coefficient (Wildman–Crippen LogP) is 5.26. The van der Waals surface area contributed by atoms with Crippen molar-refractivity contribution in [3.63, 3.8) is 0 Å². The Balaban J connectivity index is 1.12. The Bertz CT molecular complexity index is 1330. The monoisotopic (exact) mass is 556 g/mol. The molecule has 214 valence electrons. The summed E-state index contributed by atoms with van der Waals surface area (Å²) in [5.74, 6) is -1.67. The third kappa shape index (κ3) is 6.77. The summed E-state index contributed by atoms with van der Waals surface area (Å²) in [5.41, 5.74) is 5.54. The standard InChI is InChI=1S/C33H36N2O6/c1-21(40-19-22-10-3-2-4-11-22)31(32(37)38)35-30(36)18-23-12-9-17-29(23)34-33(39)41-20-28-26-15-7-5-13-24(26)25-14-6-8-16-27(25)28/h2-8,10-11,13-16,21,23,28-29,31H,9,12,17-20H2,1H3,(H,34,39)(H,35,36)(H,37,38)/t21?,23-,29+,31?/m0/s1. The number of rotatable bonds is 11. The molecule has 41 heavy (non-hydrogen) atoms. The number of ether oxygens (including phenoxy) is 2. The second kappa shape index (κ2) is 13.0. The molecule has 2 amide bonds.